The molecule has 0 radical (unpaired) electrons. The normalized spacial score (nSPS) is 18.1. The number of hydrogen-bond donors (Lipinski definition) is 1. The second-order valence-electron chi connectivity index (χ2n) is 4.82. The fraction of sp³-hybridized carbons (Fsp3) is 0.600. The molecule has 0 atom stereocenters. The van der Waals surface area contributed by atoms with E-state index in [9.17, 15) is 0 Å². The van der Waals surface area contributed by atoms with Gasteiger partial charge in [0.05, 0.1) is 0 Å². The average Bonchev–Trinajstić information content (AvgIpc) is 2.45. The van der Waals surface area contributed by atoms with Crippen LogP contribution in [0, 0.1) is 0 Å². The molecule has 0 saturated carbocycles. The van der Waals surface area contributed by atoms with E-state index in [1.165, 1.54) is 37.4 Å². The maximum Gasteiger partial charge on any atom is 0.0106 e. The molecule has 2 rings (SSSR count). The molecule has 2 nitrogen and oxygen atoms in total. The van der Waals surface area contributed by atoms with E-state index in [0.717, 1.165) is 18.3 Å². The summed E-state index contributed by atoms with van der Waals surface area (Å²) in [6, 6.07) is 11.4. The number of rotatable bonds is 6. The Morgan fingerprint density at radius 2 is 1.94 bits per heavy atom. The SMILES string of the molecule is CCN1CCC(NCCSc2ccccc2)CC1. The summed E-state index contributed by atoms with van der Waals surface area (Å²) in [6.07, 6.45) is 2.62. The van der Waals surface area contributed by atoms with Crippen LogP contribution in [0.1, 0.15) is 19.8 Å². The minimum atomic E-state index is 0.740. The Hall–Kier alpha value is -0.510. The Morgan fingerprint density at radius 1 is 1.22 bits per heavy atom. The van der Waals surface area contributed by atoms with Crippen LogP contribution in [0.5, 0.6) is 0 Å². The van der Waals surface area contributed by atoms with E-state index in [0.29, 0.717) is 0 Å². The number of likely N-dealkylation sites (tertiary alicyclic amines) is 1. The molecule has 0 aliphatic carbocycles. The van der Waals surface area contributed by atoms with Gasteiger partial charge in [0.25, 0.3) is 0 Å². The number of thioether (sulfide) groups is 1. The zero-order valence-electron chi connectivity index (χ0n) is 11.3. The van der Waals surface area contributed by atoms with E-state index in [-0.39, 0.29) is 0 Å². The summed E-state index contributed by atoms with van der Waals surface area (Å²) in [7, 11) is 0. The highest BCUT2D eigenvalue weighted by Gasteiger charge is 2.16. The van der Waals surface area contributed by atoms with Crippen molar-refractivity contribution in [3.63, 3.8) is 0 Å². The summed E-state index contributed by atoms with van der Waals surface area (Å²) in [4.78, 5) is 3.91. The first kappa shape index (κ1) is 13.9. The van der Waals surface area contributed by atoms with Gasteiger partial charge in [0.2, 0.25) is 0 Å². The van der Waals surface area contributed by atoms with Crippen LogP contribution in [-0.2, 0) is 0 Å². The van der Waals surface area contributed by atoms with Gasteiger partial charge < -0.3 is 10.2 Å². The van der Waals surface area contributed by atoms with Gasteiger partial charge in [-0.05, 0) is 44.6 Å². The smallest absolute Gasteiger partial charge is 0.0106 e. The zero-order valence-corrected chi connectivity index (χ0v) is 12.1. The lowest BCUT2D eigenvalue weighted by molar-refractivity contribution is 0.208. The third-order valence-electron chi connectivity index (χ3n) is 3.58. The molecule has 1 aromatic rings. The van der Waals surface area contributed by atoms with E-state index in [4.69, 9.17) is 0 Å². The average molecular weight is 264 g/mol. The van der Waals surface area contributed by atoms with Crippen molar-refractivity contribution < 1.29 is 0 Å². The molecule has 0 aromatic heterocycles. The Bertz CT molecular complexity index is 321. The van der Waals surface area contributed by atoms with Crippen molar-refractivity contribution in [1.82, 2.24) is 10.2 Å². The minimum absolute atomic E-state index is 0.740. The zero-order chi connectivity index (χ0) is 12.6. The molecule has 1 saturated heterocycles. The van der Waals surface area contributed by atoms with Crippen LogP contribution in [0.4, 0.5) is 0 Å². The van der Waals surface area contributed by atoms with Gasteiger partial charge >= 0.3 is 0 Å². The molecule has 100 valence electrons. The van der Waals surface area contributed by atoms with Gasteiger partial charge in [-0.2, -0.15) is 0 Å². The standard InChI is InChI=1S/C15H24N2S/c1-2-17-11-8-14(9-12-17)16-10-13-18-15-6-4-3-5-7-15/h3-7,14,16H,2,8-13H2,1H3. The quantitative estimate of drug-likeness (QED) is 0.628. The minimum Gasteiger partial charge on any atom is -0.313 e. The third kappa shape index (κ3) is 4.63. The highest BCUT2D eigenvalue weighted by Crippen LogP contribution is 2.16. The first-order valence-electron chi connectivity index (χ1n) is 7.02. The van der Waals surface area contributed by atoms with E-state index in [1.54, 1.807) is 0 Å². The second kappa shape index (κ2) is 7.82. The fourth-order valence-electron chi connectivity index (χ4n) is 2.40. The fourth-order valence-corrected chi connectivity index (χ4v) is 3.21. The monoisotopic (exact) mass is 264 g/mol. The van der Waals surface area contributed by atoms with E-state index in [1.807, 2.05) is 11.8 Å². The summed E-state index contributed by atoms with van der Waals surface area (Å²) < 4.78 is 0. The molecule has 0 spiro atoms. The van der Waals surface area contributed by atoms with Gasteiger partial charge in [0.1, 0.15) is 0 Å². The summed E-state index contributed by atoms with van der Waals surface area (Å²) in [6.45, 7) is 7.11. The molecule has 3 heteroatoms. The molecule has 1 heterocycles. The van der Waals surface area contributed by atoms with Crippen molar-refractivity contribution in [2.45, 2.75) is 30.7 Å². The van der Waals surface area contributed by atoms with Crippen molar-refractivity contribution in [3.05, 3.63) is 30.3 Å². The van der Waals surface area contributed by atoms with Crippen LogP contribution in [-0.4, -0.2) is 42.9 Å². The molecule has 0 amide bonds. The summed E-state index contributed by atoms with van der Waals surface area (Å²) in [5.41, 5.74) is 0. The lowest BCUT2D eigenvalue weighted by Gasteiger charge is -2.31. The number of nitrogens with one attached hydrogen (secondary N) is 1. The van der Waals surface area contributed by atoms with Gasteiger partial charge in [0.15, 0.2) is 0 Å². The molecule has 1 fully saturated rings. The highest BCUT2D eigenvalue weighted by molar-refractivity contribution is 7.99. The third-order valence-corrected chi connectivity index (χ3v) is 4.60. The topological polar surface area (TPSA) is 15.3 Å². The molecular weight excluding hydrogens is 240 g/mol. The van der Waals surface area contributed by atoms with Crippen LogP contribution in [0.3, 0.4) is 0 Å². The number of nitrogens with zero attached hydrogens (tertiary/aromatic N) is 1. The lowest BCUT2D eigenvalue weighted by atomic mass is 10.1. The van der Waals surface area contributed by atoms with Gasteiger partial charge in [-0.1, -0.05) is 25.1 Å². The van der Waals surface area contributed by atoms with E-state index in [2.05, 4.69) is 47.5 Å². The van der Waals surface area contributed by atoms with Crippen LogP contribution in [0.25, 0.3) is 0 Å². The number of piperidine rings is 1. The van der Waals surface area contributed by atoms with Crippen molar-refractivity contribution in [3.8, 4) is 0 Å². The highest BCUT2D eigenvalue weighted by atomic mass is 32.2. The first-order valence-corrected chi connectivity index (χ1v) is 8.00. The van der Waals surface area contributed by atoms with Gasteiger partial charge in [-0.3, -0.25) is 0 Å². The van der Waals surface area contributed by atoms with Crippen LogP contribution in [0.2, 0.25) is 0 Å². The molecule has 1 N–H and O–H groups in total. The Kier molecular flexibility index (Phi) is 6.05. The van der Waals surface area contributed by atoms with Crippen molar-refractivity contribution in [1.29, 1.82) is 0 Å². The molecule has 0 unspecified atom stereocenters. The molecule has 18 heavy (non-hydrogen) atoms. The summed E-state index contributed by atoms with van der Waals surface area (Å²) in [5.74, 6) is 1.16. The van der Waals surface area contributed by atoms with Gasteiger partial charge in [0, 0.05) is 23.2 Å². The molecule has 1 aliphatic rings. The Morgan fingerprint density at radius 3 is 2.61 bits per heavy atom. The van der Waals surface area contributed by atoms with Gasteiger partial charge in [-0.25, -0.2) is 0 Å². The second-order valence-corrected chi connectivity index (χ2v) is 5.99. The summed E-state index contributed by atoms with van der Waals surface area (Å²) in [5, 5.41) is 3.69. The van der Waals surface area contributed by atoms with Crippen LogP contribution < -0.4 is 5.32 Å². The Labute approximate surface area is 115 Å². The largest absolute Gasteiger partial charge is 0.313 e. The predicted molar refractivity (Wildman–Crippen MR) is 80.3 cm³/mol. The predicted octanol–water partition coefficient (Wildman–Crippen LogP) is 2.85. The number of benzene rings is 1. The molecular formula is C15H24N2S. The molecule has 1 aliphatic heterocycles. The van der Waals surface area contributed by atoms with Crippen molar-refractivity contribution in [2.24, 2.45) is 0 Å². The van der Waals surface area contributed by atoms with Crippen molar-refractivity contribution in [2.75, 3.05) is 31.9 Å². The lowest BCUT2D eigenvalue weighted by Crippen LogP contribution is -2.42. The molecule has 0 bridgehead atoms. The Balaban J connectivity index is 1.56. The first-order chi connectivity index (χ1) is 8.88. The van der Waals surface area contributed by atoms with Crippen LogP contribution >= 0.6 is 11.8 Å². The van der Waals surface area contributed by atoms with Crippen molar-refractivity contribution >= 4 is 11.8 Å². The van der Waals surface area contributed by atoms with Gasteiger partial charge in [-0.15, -0.1) is 11.8 Å². The maximum absolute atomic E-state index is 3.69. The maximum atomic E-state index is 3.69. The summed E-state index contributed by atoms with van der Waals surface area (Å²) >= 11 is 1.94. The van der Waals surface area contributed by atoms with E-state index >= 15 is 0 Å². The number of hydrogen-bond acceptors (Lipinski definition) is 3. The van der Waals surface area contributed by atoms with Crippen LogP contribution in [0.15, 0.2) is 35.2 Å². The van der Waals surface area contributed by atoms with E-state index < -0.39 is 0 Å². The molecule has 1 aromatic carbocycles.